The summed E-state index contributed by atoms with van der Waals surface area (Å²) in [5.41, 5.74) is 15.4. The van der Waals surface area contributed by atoms with E-state index >= 15 is 0 Å². The molecule has 10 nitrogen and oxygen atoms in total. The lowest BCUT2D eigenvalue weighted by Gasteiger charge is -2.16. The van der Waals surface area contributed by atoms with E-state index < -0.39 is 5.91 Å². The minimum absolute atomic E-state index is 0.0564. The second-order valence-electron chi connectivity index (χ2n) is 9.35. The highest BCUT2D eigenvalue weighted by atomic mass is 79.9. The first kappa shape index (κ1) is 28.3. The Hall–Kier alpha value is -5.21. The molecule has 0 aliphatic heterocycles. The third-order valence-corrected chi connectivity index (χ3v) is 7.71. The van der Waals surface area contributed by atoms with Gasteiger partial charge in [-0.1, -0.05) is 49.1 Å². The fraction of sp³-hybridized carbons (Fsp3) is 0.129. The molecule has 2 aromatic carbocycles. The number of aromatic nitrogens is 6. The normalized spacial score (nSPS) is 10.7. The molecule has 0 saturated heterocycles. The Morgan fingerprint density at radius 1 is 1.05 bits per heavy atom. The van der Waals surface area contributed by atoms with Gasteiger partial charge in [-0.15, -0.1) is 5.10 Å². The Morgan fingerprint density at radius 2 is 1.79 bits per heavy atom. The molecule has 0 unspecified atom stereocenters. The number of carbonyl (C=O) groups excluding carboxylic acids is 1. The summed E-state index contributed by atoms with van der Waals surface area (Å²) in [4.78, 5) is 28.5. The average Bonchev–Trinajstić information content (AvgIpc) is 3.51. The fourth-order valence-corrected chi connectivity index (χ4v) is 5.41. The Labute approximate surface area is 249 Å². The van der Waals surface area contributed by atoms with E-state index in [-0.39, 0.29) is 16.9 Å². The number of halogens is 1. The fourth-order valence-electron chi connectivity index (χ4n) is 4.62. The van der Waals surface area contributed by atoms with Gasteiger partial charge in [-0.25, -0.2) is 9.50 Å². The minimum atomic E-state index is -0.619. The van der Waals surface area contributed by atoms with E-state index in [9.17, 15) is 9.59 Å². The van der Waals surface area contributed by atoms with Crippen molar-refractivity contribution in [3.05, 3.63) is 116 Å². The lowest BCUT2D eigenvalue weighted by Crippen LogP contribution is -2.23. The van der Waals surface area contributed by atoms with Crippen molar-refractivity contribution >= 4 is 44.1 Å². The molecule has 0 spiro atoms. The van der Waals surface area contributed by atoms with E-state index in [2.05, 4.69) is 49.9 Å². The number of pyridine rings is 1. The number of rotatable bonds is 3. The lowest BCUT2D eigenvalue weighted by molar-refractivity contribution is 0.100. The van der Waals surface area contributed by atoms with Crippen LogP contribution in [0.2, 0.25) is 0 Å². The number of carbonyl (C=O) groups is 1. The second-order valence-corrected chi connectivity index (χ2v) is 10.1. The number of aryl methyl sites for hydroxylation is 1. The highest BCUT2D eigenvalue weighted by Gasteiger charge is 2.17. The number of fused-ring (bicyclic) bond motifs is 2. The van der Waals surface area contributed by atoms with Crippen molar-refractivity contribution in [2.45, 2.75) is 20.3 Å². The van der Waals surface area contributed by atoms with Crippen LogP contribution in [0.1, 0.15) is 39.8 Å². The van der Waals surface area contributed by atoms with Crippen LogP contribution in [0.5, 0.6) is 0 Å². The summed E-state index contributed by atoms with van der Waals surface area (Å²) in [6, 6.07) is 17.2. The molecule has 1 amide bonds. The van der Waals surface area contributed by atoms with Crippen molar-refractivity contribution < 1.29 is 4.79 Å². The SMILES string of the molecule is CCc1c(Br)c2cccc(C#Cc3cnn(C)c3C)c2c(=O)n1-c1ccccc1.NC(=O)c1c(N)nn2cccnc12. The largest absolute Gasteiger partial charge is 0.381 e. The summed E-state index contributed by atoms with van der Waals surface area (Å²) in [6.45, 7) is 4.03. The number of hydrogen-bond acceptors (Lipinski definition) is 6. The predicted octanol–water partition coefficient (Wildman–Crippen LogP) is 4.17. The maximum atomic E-state index is 13.6. The van der Waals surface area contributed by atoms with Crippen molar-refractivity contribution in [1.82, 2.24) is 28.9 Å². The van der Waals surface area contributed by atoms with Crippen LogP contribution >= 0.6 is 15.9 Å². The second kappa shape index (κ2) is 11.7. The van der Waals surface area contributed by atoms with E-state index in [1.807, 2.05) is 62.5 Å². The molecule has 210 valence electrons. The van der Waals surface area contributed by atoms with E-state index in [0.29, 0.717) is 16.6 Å². The van der Waals surface area contributed by atoms with Gasteiger partial charge in [-0.2, -0.15) is 5.10 Å². The molecule has 0 aliphatic carbocycles. The van der Waals surface area contributed by atoms with Crippen LogP contribution in [0.4, 0.5) is 5.82 Å². The number of primary amides is 1. The Morgan fingerprint density at radius 3 is 2.45 bits per heavy atom. The van der Waals surface area contributed by atoms with E-state index in [1.54, 1.807) is 33.9 Å². The zero-order valence-corrected chi connectivity index (χ0v) is 24.8. The first-order valence-electron chi connectivity index (χ1n) is 13.0. The summed E-state index contributed by atoms with van der Waals surface area (Å²) in [5.74, 6) is 5.87. The van der Waals surface area contributed by atoms with Gasteiger partial charge < -0.3 is 11.5 Å². The van der Waals surface area contributed by atoms with Gasteiger partial charge in [-0.05, 0) is 53.5 Å². The van der Waals surface area contributed by atoms with Crippen LogP contribution in [-0.2, 0) is 13.5 Å². The number of nitrogen functional groups attached to an aromatic ring is 1. The number of nitrogens with two attached hydrogens (primary N) is 2. The molecule has 0 saturated carbocycles. The van der Waals surface area contributed by atoms with Gasteiger partial charge in [0.2, 0.25) is 0 Å². The number of nitrogens with zero attached hydrogens (tertiary/aromatic N) is 6. The molecule has 6 aromatic rings. The number of amides is 1. The molecule has 0 fully saturated rings. The Balaban J connectivity index is 0.000000226. The quantitative estimate of drug-likeness (QED) is 0.284. The van der Waals surface area contributed by atoms with Crippen LogP contribution in [0.3, 0.4) is 0 Å². The Bertz CT molecular complexity index is 2080. The molecule has 6 rings (SSSR count). The van der Waals surface area contributed by atoms with Crippen molar-refractivity contribution in [2.24, 2.45) is 12.8 Å². The van der Waals surface area contributed by atoms with Gasteiger partial charge in [0, 0.05) is 46.2 Å². The van der Waals surface area contributed by atoms with Crippen LogP contribution in [0, 0.1) is 18.8 Å². The summed E-state index contributed by atoms with van der Waals surface area (Å²) >= 11 is 3.75. The molecule has 4 N–H and O–H groups in total. The van der Waals surface area contributed by atoms with Crippen LogP contribution < -0.4 is 17.0 Å². The zero-order valence-electron chi connectivity index (χ0n) is 23.2. The van der Waals surface area contributed by atoms with Gasteiger partial charge in [-0.3, -0.25) is 18.8 Å². The molecule has 0 bridgehead atoms. The molecular formula is C31H27BrN8O2. The van der Waals surface area contributed by atoms with Crippen molar-refractivity contribution in [2.75, 3.05) is 5.73 Å². The number of benzene rings is 2. The summed E-state index contributed by atoms with van der Waals surface area (Å²) < 4.78 is 5.92. The van der Waals surface area contributed by atoms with Crippen LogP contribution in [0.15, 0.2) is 82.5 Å². The number of para-hydroxylation sites is 1. The molecule has 42 heavy (non-hydrogen) atoms. The molecule has 0 atom stereocenters. The van der Waals surface area contributed by atoms with E-state index in [1.165, 1.54) is 4.52 Å². The average molecular weight is 624 g/mol. The van der Waals surface area contributed by atoms with Crippen LogP contribution in [-0.4, -0.2) is 34.9 Å². The van der Waals surface area contributed by atoms with E-state index in [4.69, 9.17) is 11.5 Å². The molecule has 11 heteroatoms. The standard InChI is InChI=1S/C24H20BrN3O.C7H7N5O/c1-4-21-23(25)20-12-8-9-17(13-14-18-15-26-27(3)16(18)2)22(20)24(29)28(21)19-10-6-5-7-11-19;8-5-4(6(9)13)7-10-2-1-3-12(7)11-5/h5-12,15H,4H2,1-3H3;1-3H,(H2,8,11)(H2,9,13). The number of anilines is 1. The summed E-state index contributed by atoms with van der Waals surface area (Å²) in [7, 11) is 1.89. The molecule has 4 aromatic heterocycles. The van der Waals surface area contributed by atoms with Gasteiger partial charge in [0.1, 0.15) is 5.56 Å². The molecule has 0 radical (unpaired) electrons. The molecule has 4 heterocycles. The third kappa shape index (κ3) is 5.15. The first-order chi connectivity index (χ1) is 20.2. The number of hydrogen-bond donors (Lipinski definition) is 2. The monoisotopic (exact) mass is 622 g/mol. The highest BCUT2D eigenvalue weighted by Crippen LogP contribution is 2.29. The van der Waals surface area contributed by atoms with Crippen molar-refractivity contribution in [3.8, 4) is 17.5 Å². The van der Waals surface area contributed by atoms with Gasteiger partial charge in [0.15, 0.2) is 11.5 Å². The minimum Gasteiger partial charge on any atom is -0.381 e. The Kier molecular flexibility index (Phi) is 7.91. The van der Waals surface area contributed by atoms with E-state index in [0.717, 1.165) is 38.9 Å². The smallest absolute Gasteiger partial charge is 0.264 e. The van der Waals surface area contributed by atoms with Crippen LogP contribution in [0.25, 0.3) is 22.1 Å². The highest BCUT2D eigenvalue weighted by molar-refractivity contribution is 9.10. The van der Waals surface area contributed by atoms with Crippen molar-refractivity contribution in [3.63, 3.8) is 0 Å². The van der Waals surface area contributed by atoms with Gasteiger partial charge in [0.05, 0.1) is 22.8 Å². The topological polar surface area (TPSA) is 139 Å². The molecule has 0 aliphatic rings. The zero-order chi connectivity index (χ0) is 30.0. The first-order valence-corrected chi connectivity index (χ1v) is 13.8. The van der Waals surface area contributed by atoms with Gasteiger partial charge in [0.25, 0.3) is 11.5 Å². The third-order valence-electron chi connectivity index (χ3n) is 6.83. The van der Waals surface area contributed by atoms with Crippen molar-refractivity contribution in [1.29, 1.82) is 0 Å². The van der Waals surface area contributed by atoms with Gasteiger partial charge >= 0.3 is 0 Å². The summed E-state index contributed by atoms with van der Waals surface area (Å²) in [5, 5.41) is 9.61. The lowest BCUT2D eigenvalue weighted by atomic mass is 10.0. The maximum absolute atomic E-state index is 13.6. The maximum Gasteiger partial charge on any atom is 0.264 e. The summed E-state index contributed by atoms with van der Waals surface area (Å²) in [6.07, 6.45) is 5.67. The predicted molar refractivity (Wildman–Crippen MR) is 166 cm³/mol. The molecular weight excluding hydrogens is 596 g/mol.